The Bertz CT molecular complexity index is 2810. The average molecular weight is 727 g/mol. The lowest BCUT2D eigenvalue weighted by atomic mass is 9.81. The van der Waals surface area contributed by atoms with Gasteiger partial charge in [-0.15, -0.1) is 0 Å². The van der Waals surface area contributed by atoms with Crippen molar-refractivity contribution in [2.45, 2.75) is 79.1 Å². The molecule has 7 heteroatoms. The van der Waals surface area contributed by atoms with Gasteiger partial charge in [-0.25, -0.2) is 9.80 Å². The number of benzene rings is 7. The van der Waals surface area contributed by atoms with Gasteiger partial charge in [-0.3, -0.25) is 19.2 Å². The Hall–Kier alpha value is -6.08. The van der Waals surface area contributed by atoms with E-state index in [0.29, 0.717) is 60.4 Å². The lowest BCUT2D eigenvalue weighted by Crippen LogP contribution is -2.42. The summed E-state index contributed by atoms with van der Waals surface area (Å²) < 4.78 is 0. The summed E-state index contributed by atoms with van der Waals surface area (Å²) in [5.41, 5.74) is 6.34. The van der Waals surface area contributed by atoms with Crippen LogP contribution in [0.25, 0.3) is 43.1 Å². The molecule has 0 saturated heterocycles. The quantitative estimate of drug-likeness (QED) is 0.105. The van der Waals surface area contributed by atoms with Gasteiger partial charge in [0.1, 0.15) is 5.75 Å². The van der Waals surface area contributed by atoms with Crippen molar-refractivity contribution in [1.29, 1.82) is 0 Å². The van der Waals surface area contributed by atoms with Crippen LogP contribution < -0.4 is 9.80 Å². The number of phenols is 1. The first-order valence-electron chi connectivity index (χ1n) is 19.2. The number of carbonyl (C=O) groups excluding carboxylic acids is 4. The molecule has 0 aliphatic carbocycles. The van der Waals surface area contributed by atoms with Gasteiger partial charge in [-0.05, 0) is 91.7 Å². The van der Waals surface area contributed by atoms with E-state index >= 15 is 0 Å². The third-order valence-corrected chi connectivity index (χ3v) is 11.8. The zero-order chi connectivity index (χ0) is 38.9. The highest BCUT2D eigenvalue weighted by Gasteiger charge is 2.41. The van der Waals surface area contributed by atoms with Gasteiger partial charge in [0.2, 0.25) is 0 Å². The van der Waals surface area contributed by atoms with Crippen LogP contribution in [0.3, 0.4) is 0 Å². The Morgan fingerprint density at radius 2 is 0.745 bits per heavy atom. The van der Waals surface area contributed by atoms with Crippen LogP contribution in [-0.2, 0) is 0 Å². The molecule has 1 N–H and O–H groups in total. The molecule has 2 aliphatic rings. The fourth-order valence-corrected chi connectivity index (χ4v) is 9.29. The number of imide groups is 2. The van der Waals surface area contributed by atoms with E-state index < -0.39 is 23.6 Å². The van der Waals surface area contributed by atoms with E-state index in [1.54, 1.807) is 18.2 Å². The summed E-state index contributed by atoms with van der Waals surface area (Å²) in [6.45, 7) is 16.4. The molecule has 7 aromatic rings. The first kappa shape index (κ1) is 34.7. The highest BCUT2D eigenvalue weighted by atomic mass is 16.3. The Labute approximate surface area is 319 Å². The van der Waals surface area contributed by atoms with Crippen molar-refractivity contribution in [2.24, 2.45) is 0 Å². The van der Waals surface area contributed by atoms with Crippen LogP contribution in [0.2, 0.25) is 0 Å². The van der Waals surface area contributed by atoms with Gasteiger partial charge >= 0.3 is 0 Å². The van der Waals surface area contributed by atoms with E-state index in [1.807, 2.05) is 82.3 Å². The molecule has 2 aliphatic heterocycles. The third kappa shape index (κ3) is 4.56. The third-order valence-electron chi connectivity index (χ3n) is 11.8. The van der Waals surface area contributed by atoms with Crippen LogP contribution in [0.1, 0.15) is 143 Å². The van der Waals surface area contributed by atoms with Gasteiger partial charge in [-0.1, -0.05) is 110 Å². The van der Waals surface area contributed by atoms with Gasteiger partial charge in [0.05, 0.1) is 16.9 Å². The lowest BCUT2D eigenvalue weighted by molar-refractivity contribution is 0.0877. The molecule has 274 valence electrons. The van der Waals surface area contributed by atoms with Crippen molar-refractivity contribution in [2.75, 3.05) is 9.80 Å². The summed E-state index contributed by atoms with van der Waals surface area (Å²) in [4.78, 5) is 61.3. The van der Waals surface area contributed by atoms with Crippen LogP contribution in [0.15, 0.2) is 78.9 Å². The van der Waals surface area contributed by atoms with E-state index in [0.717, 1.165) is 33.0 Å². The number of rotatable bonds is 6. The molecule has 2 heterocycles. The minimum absolute atomic E-state index is 0.0473. The lowest BCUT2D eigenvalue weighted by Gasteiger charge is -2.33. The summed E-state index contributed by atoms with van der Waals surface area (Å²) in [5.74, 6) is -1.56. The van der Waals surface area contributed by atoms with E-state index in [9.17, 15) is 24.3 Å². The number of amides is 4. The maximum absolute atomic E-state index is 14.7. The first-order valence-corrected chi connectivity index (χ1v) is 19.2. The fourth-order valence-electron chi connectivity index (χ4n) is 9.29. The Morgan fingerprint density at radius 1 is 0.400 bits per heavy atom. The maximum atomic E-state index is 14.7. The SMILES string of the molecule is CC(C)c1cccc(C(C)C)c1N1C(=O)c2ccc3c4ccc5c6c(cc(O)c(c7ccc(c2c37)C1=O)c64)C(=O)N(c1c(C(C)C)cccc1C(C)C)C5=O. The summed E-state index contributed by atoms with van der Waals surface area (Å²) >= 11 is 0. The summed E-state index contributed by atoms with van der Waals surface area (Å²) in [6, 6.07) is 24.2. The molecule has 0 unspecified atom stereocenters. The highest BCUT2D eigenvalue weighted by Crippen LogP contribution is 2.51. The Kier molecular flexibility index (Phi) is 7.54. The number of carbonyl (C=O) groups is 4. The zero-order valence-electron chi connectivity index (χ0n) is 32.3. The molecule has 55 heavy (non-hydrogen) atoms. The number of para-hydroxylation sites is 2. The molecule has 7 nitrogen and oxygen atoms in total. The summed E-state index contributed by atoms with van der Waals surface area (Å²) in [5, 5.41) is 16.9. The molecule has 0 atom stereocenters. The number of phenolic OH excluding ortho intramolecular Hbond substituents is 1. The van der Waals surface area contributed by atoms with E-state index in [-0.39, 0.29) is 35.0 Å². The molecule has 0 spiro atoms. The smallest absolute Gasteiger partial charge is 0.266 e. The monoisotopic (exact) mass is 726 g/mol. The second-order valence-corrected chi connectivity index (χ2v) is 16.4. The van der Waals surface area contributed by atoms with Crippen molar-refractivity contribution in [3.05, 3.63) is 123 Å². The largest absolute Gasteiger partial charge is 0.507 e. The minimum atomic E-state index is -0.485. The standard InChI is InChI=1S/C48H42N2O5/c1-22(2)26-11-9-12-27(23(3)4)43(26)49-45(52)33-18-15-30-31-16-19-35-40-36(21-37(51)41(42(31)40)32-17-20-34(46(49)53)39(33)38(30)32)48(55)50(47(35)54)44-28(24(5)6)13-10-14-29(44)25(7)8/h9-25,51H,1-8H3. The van der Waals surface area contributed by atoms with Gasteiger partial charge in [-0.2, -0.15) is 0 Å². The molecule has 0 aromatic heterocycles. The molecule has 0 radical (unpaired) electrons. The van der Waals surface area contributed by atoms with E-state index in [4.69, 9.17) is 0 Å². The number of aromatic hydroxyl groups is 1. The Balaban J connectivity index is 1.30. The zero-order valence-corrected chi connectivity index (χ0v) is 32.3. The molecule has 4 amide bonds. The number of hydrogen-bond donors (Lipinski definition) is 1. The molecule has 7 aromatic carbocycles. The van der Waals surface area contributed by atoms with Crippen molar-refractivity contribution >= 4 is 78.1 Å². The molecular weight excluding hydrogens is 685 g/mol. The van der Waals surface area contributed by atoms with Gasteiger partial charge < -0.3 is 5.11 Å². The molecule has 0 saturated carbocycles. The predicted octanol–water partition coefficient (Wildman–Crippen LogP) is 11.5. The Morgan fingerprint density at radius 3 is 1.15 bits per heavy atom. The second-order valence-electron chi connectivity index (χ2n) is 16.4. The van der Waals surface area contributed by atoms with Crippen LogP contribution in [-0.4, -0.2) is 28.7 Å². The summed E-state index contributed by atoms with van der Waals surface area (Å²) in [6.07, 6.45) is 0. The molecule has 0 bridgehead atoms. The second kappa shape index (κ2) is 12.0. The average Bonchev–Trinajstić information content (AvgIpc) is 3.15. The number of fused-ring (bicyclic) bond motifs is 2. The van der Waals surface area contributed by atoms with E-state index in [2.05, 4.69) is 27.7 Å². The van der Waals surface area contributed by atoms with Crippen molar-refractivity contribution in [1.82, 2.24) is 0 Å². The van der Waals surface area contributed by atoms with Crippen LogP contribution in [0, 0.1) is 0 Å². The normalized spacial score (nSPS) is 14.6. The van der Waals surface area contributed by atoms with Crippen LogP contribution in [0.5, 0.6) is 5.75 Å². The van der Waals surface area contributed by atoms with Crippen LogP contribution in [0.4, 0.5) is 11.4 Å². The topological polar surface area (TPSA) is 95.0 Å². The van der Waals surface area contributed by atoms with E-state index in [1.165, 1.54) is 15.9 Å². The molecular formula is C48H42N2O5. The number of anilines is 2. The van der Waals surface area contributed by atoms with Gasteiger partial charge in [0.15, 0.2) is 0 Å². The van der Waals surface area contributed by atoms with Crippen molar-refractivity contribution in [3.63, 3.8) is 0 Å². The fraction of sp³-hybridized carbons (Fsp3) is 0.250. The van der Waals surface area contributed by atoms with Gasteiger partial charge in [0.25, 0.3) is 23.6 Å². The van der Waals surface area contributed by atoms with Crippen LogP contribution >= 0.6 is 0 Å². The molecule has 9 rings (SSSR count). The minimum Gasteiger partial charge on any atom is -0.507 e. The van der Waals surface area contributed by atoms with Gasteiger partial charge in [0, 0.05) is 38.2 Å². The maximum Gasteiger partial charge on any atom is 0.266 e. The number of nitrogens with zero attached hydrogens (tertiary/aromatic N) is 2. The molecule has 0 fully saturated rings. The van der Waals surface area contributed by atoms with Crippen molar-refractivity contribution < 1.29 is 24.3 Å². The first-order chi connectivity index (χ1) is 26.2. The summed E-state index contributed by atoms with van der Waals surface area (Å²) in [7, 11) is 0. The predicted molar refractivity (Wildman–Crippen MR) is 221 cm³/mol. The van der Waals surface area contributed by atoms with Crippen molar-refractivity contribution in [3.8, 4) is 5.75 Å². The number of hydrogen-bond acceptors (Lipinski definition) is 5. The highest BCUT2D eigenvalue weighted by molar-refractivity contribution is 6.46.